The number of rotatable bonds is 3. The van der Waals surface area contributed by atoms with E-state index in [-0.39, 0.29) is 11.8 Å². The third kappa shape index (κ3) is 2.52. The number of piperidine rings is 1. The van der Waals surface area contributed by atoms with E-state index in [1.54, 1.807) is 0 Å². The smallest absolute Gasteiger partial charge is 0.231 e. The first kappa shape index (κ1) is 13.4. The van der Waals surface area contributed by atoms with Gasteiger partial charge in [-0.1, -0.05) is 18.2 Å². The number of ether oxygens (including phenoxy) is 1. The van der Waals surface area contributed by atoms with Crippen LogP contribution in [0.25, 0.3) is 0 Å². The summed E-state index contributed by atoms with van der Waals surface area (Å²) in [5, 5.41) is 3.33. The number of anilines is 1. The number of likely N-dealkylation sites (tertiary alicyclic amines) is 1. The molecule has 1 aromatic carbocycles. The zero-order valence-corrected chi connectivity index (χ0v) is 12.0. The van der Waals surface area contributed by atoms with Crippen molar-refractivity contribution in [3.8, 4) is 0 Å². The Hall–Kier alpha value is -1.55. The Labute approximate surface area is 120 Å². The molecule has 1 saturated heterocycles. The van der Waals surface area contributed by atoms with Crippen LogP contribution >= 0.6 is 0 Å². The van der Waals surface area contributed by atoms with Gasteiger partial charge in [-0.3, -0.25) is 4.79 Å². The molecule has 4 heteroatoms. The molecule has 2 heterocycles. The van der Waals surface area contributed by atoms with Crippen LogP contribution in [-0.2, 0) is 9.53 Å². The Kier molecular flexibility index (Phi) is 3.92. The number of benzene rings is 1. The van der Waals surface area contributed by atoms with Crippen molar-refractivity contribution in [2.45, 2.75) is 31.8 Å². The first-order chi connectivity index (χ1) is 9.79. The lowest BCUT2D eigenvalue weighted by atomic mass is 9.98. The summed E-state index contributed by atoms with van der Waals surface area (Å²) in [5.74, 6) is 0.243. The first-order valence-electron chi connectivity index (χ1n) is 7.52. The molecule has 0 bridgehead atoms. The van der Waals surface area contributed by atoms with Gasteiger partial charge in [0, 0.05) is 31.9 Å². The first-order valence-corrected chi connectivity index (χ1v) is 7.52. The predicted octanol–water partition coefficient (Wildman–Crippen LogP) is 2.22. The summed E-state index contributed by atoms with van der Waals surface area (Å²) < 4.78 is 5.64. The minimum Gasteiger partial charge on any atom is -0.384 e. The summed E-state index contributed by atoms with van der Waals surface area (Å²) >= 11 is 0. The van der Waals surface area contributed by atoms with Crippen molar-refractivity contribution in [2.24, 2.45) is 0 Å². The maximum absolute atomic E-state index is 12.7. The number of fused-ring (bicyclic) bond motifs is 1. The highest BCUT2D eigenvalue weighted by atomic mass is 16.5. The van der Waals surface area contributed by atoms with Crippen LogP contribution in [0.1, 0.15) is 31.2 Å². The number of carbonyl (C=O) groups excluding carboxylic acids is 1. The number of hydrogen-bond acceptors (Lipinski definition) is 3. The third-order valence-corrected chi connectivity index (χ3v) is 4.29. The Bertz CT molecular complexity index is 481. The van der Waals surface area contributed by atoms with Crippen molar-refractivity contribution in [2.75, 3.05) is 31.6 Å². The number of carbonyl (C=O) groups is 1. The maximum atomic E-state index is 12.7. The average molecular weight is 274 g/mol. The summed E-state index contributed by atoms with van der Waals surface area (Å²) in [4.78, 5) is 14.7. The quantitative estimate of drug-likeness (QED) is 0.919. The van der Waals surface area contributed by atoms with Crippen LogP contribution in [0, 0.1) is 0 Å². The highest BCUT2D eigenvalue weighted by Crippen LogP contribution is 2.33. The van der Waals surface area contributed by atoms with Gasteiger partial charge in [-0.15, -0.1) is 0 Å². The summed E-state index contributed by atoms with van der Waals surface area (Å²) in [5.41, 5.74) is 2.25. The number of amides is 1. The number of para-hydroxylation sites is 1. The molecule has 1 unspecified atom stereocenters. The van der Waals surface area contributed by atoms with Gasteiger partial charge in [0.15, 0.2) is 0 Å². The van der Waals surface area contributed by atoms with E-state index in [1.165, 1.54) is 0 Å². The number of hydrogen-bond donors (Lipinski definition) is 1. The molecular formula is C16H22N2O2. The number of nitrogens with zero attached hydrogens (tertiary/aromatic N) is 1. The van der Waals surface area contributed by atoms with E-state index in [1.807, 2.05) is 30.0 Å². The van der Waals surface area contributed by atoms with Gasteiger partial charge in [-0.05, 0) is 31.4 Å². The average Bonchev–Trinajstić information content (AvgIpc) is 2.92. The fourth-order valence-corrected chi connectivity index (χ4v) is 3.20. The molecule has 2 aliphatic heterocycles. The van der Waals surface area contributed by atoms with Crippen LogP contribution in [0.4, 0.5) is 5.69 Å². The molecule has 20 heavy (non-hydrogen) atoms. The van der Waals surface area contributed by atoms with Gasteiger partial charge in [0.1, 0.15) is 0 Å². The third-order valence-electron chi connectivity index (χ3n) is 4.29. The SMILES string of the molecule is CCOC1CCN(C(=O)C2CNc3ccccc32)CC1. The minimum atomic E-state index is -0.0187. The van der Waals surface area contributed by atoms with Crippen LogP contribution in [-0.4, -0.2) is 43.2 Å². The summed E-state index contributed by atoms with van der Waals surface area (Å²) in [6.07, 6.45) is 2.25. The van der Waals surface area contributed by atoms with Gasteiger partial charge in [-0.2, -0.15) is 0 Å². The summed E-state index contributed by atoms with van der Waals surface area (Å²) in [6, 6.07) is 8.12. The Morgan fingerprint density at radius 2 is 2.10 bits per heavy atom. The molecule has 2 aliphatic rings. The van der Waals surface area contributed by atoms with Gasteiger partial charge in [-0.25, -0.2) is 0 Å². The van der Waals surface area contributed by atoms with Gasteiger partial charge in [0.25, 0.3) is 0 Å². The van der Waals surface area contributed by atoms with Crippen molar-refractivity contribution in [1.29, 1.82) is 0 Å². The second-order valence-electron chi connectivity index (χ2n) is 5.50. The fraction of sp³-hybridized carbons (Fsp3) is 0.562. The van der Waals surface area contributed by atoms with Gasteiger partial charge in [0.05, 0.1) is 12.0 Å². The lowest BCUT2D eigenvalue weighted by Gasteiger charge is -2.33. The van der Waals surface area contributed by atoms with Gasteiger partial charge in [0.2, 0.25) is 5.91 Å². The van der Waals surface area contributed by atoms with E-state index in [0.29, 0.717) is 6.10 Å². The monoisotopic (exact) mass is 274 g/mol. The van der Waals surface area contributed by atoms with Crippen molar-refractivity contribution in [3.63, 3.8) is 0 Å². The minimum absolute atomic E-state index is 0.0187. The molecule has 3 rings (SSSR count). The maximum Gasteiger partial charge on any atom is 0.231 e. The molecule has 1 atom stereocenters. The van der Waals surface area contributed by atoms with Gasteiger partial charge < -0.3 is 15.0 Å². The van der Waals surface area contributed by atoms with Crippen LogP contribution in [0.2, 0.25) is 0 Å². The molecule has 0 aromatic heterocycles. The van der Waals surface area contributed by atoms with E-state index >= 15 is 0 Å². The lowest BCUT2D eigenvalue weighted by Crippen LogP contribution is -2.43. The molecule has 0 aliphatic carbocycles. The van der Waals surface area contributed by atoms with Crippen molar-refractivity contribution in [1.82, 2.24) is 4.90 Å². The molecule has 0 radical (unpaired) electrons. The molecule has 0 saturated carbocycles. The highest BCUT2D eigenvalue weighted by molar-refractivity contribution is 5.88. The zero-order chi connectivity index (χ0) is 13.9. The second-order valence-corrected chi connectivity index (χ2v) is 5.50. The Morgan fingerprint density at radius 1 is 1.35 bits per heavy atom. The normalized spacial score (nSPS) is 22.4. The molecule has 1 N–H and O–H groups in total. The van der Waals surface area contributed by atoms with Crippen molar-refractivity contribution in [3.05, 3.63) is 29.8 Å². The Morgan fingerprint density at radius 3 is 2.85 bits per heavy atom. The summed E-state index contributed by atoms with van der Waals surface area (Å²) in [7, 11) is 0. The lowest BCUT2D eigenvalue weighted by molar-refractivity contribution is -0.135. The molecule has 4 nitrogen and oxygen atoms in total. The predicted molar refractivity (Wildman–Crippen MR) is 78.9 cm³/mol. The molecule has 1 aromatic rings. The van der Waals surface area contributed by atoms with Gasteiger partial charge >= 0.3 is 0 Å². The molecule has 0 spiro atoms. The second kappa shape index (κ2) is 5.83. The van der Waals surface area contributed by atoms with Crippen molar-refractivity contribution >= 4 is 11.6 Å². The number of nitrogens with one attached hydrogen (secondary N) is 1. The van der Waals surface area contributed by atoms with Crippen LogP contribution in [0.15, 0.2) is 24.3 Å². The summed E-state index contributed by atoms with van der Waals surface area (Å²) in [6.45, 7) is 5.16. The zero-order valence-electron chi connectivity index (χ0n) is 12.0. The Balaban J connectivity index is 1.64. The van der Waals surface area contributed by atoms with E-state index in [0.717, 1.165) is 50.3 Å². The van der Waals surface area contributed by atoms with E-state index < -0.39 is 0 Å². The van der Waals surface area contributed by atoms with Crippen molar-refractivity contribution < 1.29 is 9.53 Å². The van der Waals surface area contributed by atoms with E-state index in [9.17, 15) is 4.79 Å². The molecule has 1 amide bonds. The van der Waals surface area contributed by atoms with E-state index in [4.69, 9.17) is 4.74 Å². The molecular weight excluding hydrogens is 252 g/mol. The van der Waals surface area contributed by atoms with Crippen LogP contribution in [0.3, 0.4) is 0 Å². The largest absolute Gasteiger partial charge is 0.384 e. The highest BCUT2D eigenvalue weighted by Gasteiger charge is 2.33. The van der Waals surface area contributed by atoms with Crippen LogP contribution < -0.4 is 5.32 Å². The standard InChI is InChI=1S/C16H22N2O2/c1-2-20-12-7-9-18(10-8-12)16(19)14-11-17-15-6-4-3-5-13(14)15/h3-6,12,14,17H,2,7-11H2,1H3. The molecule has 1 fully saturated rings. The molecule has 108 valence electrons. The van der Waals surface area contributed by atoms with E-state index in [2.05, 4.69) is 11.4 Å². The topological polar surface area (TPSA) is 41.6 Å². The van der Waals surface area contributed by atoms with Crippen LogP contribution in [0.5, 0.6) is 0 Å². The fourth-order valence-electron chi connectivity index (χ4n) is 3.20.